The van der Waals surface area contributed by atoms with Gasteiger partial charge in [0.05, 0.1) is 11.4 Å². The molecule has 2 aliphatic rings. The van der Waals surface area contributed by atoms with E-state index in [1.54, 1.807) is 0 Å². The third kappa shape index (κ3) is 2.63. The van der Waals surface area contributed by atoms with Crippen LogP contribution in [0.2, 0.25) is 0 Å². The zero-order valence-electron chi connectivity index (χ0n) is 12.1. The molecule has 2 aromatic rings. The summed E-state index contributed by atoms with van der Waals surface area (Å²) in [6, 6.07) is 10.9. The van der Waals surface area contributed by atoms with Crippen molar-refractivity contribution in [3.05, 3.63) is 41.5 Å². The van der Waals surface area contributed by atoms with Crippen LogP contribution in [0.3, 0.4) is 0 Å². The maximum atomic E-state index is 6.22. The van der Waals surface area contributed by atoms with E-state index in [9.17, 15) is 0 Å². The van der Waals surface area contributed by atoms with Crippen LogP contribution in [0.15, 0.2) is 36.5 Å². The lowest BCUT2D eigenvalue weighted by molar-refractivity contribution is 0.298. The molecule has 4 heteroatoms. The second-order valence-corrected chi connectivity index (χ2v) is 7.46. The lowest BCUT2D eigenvalue weighted by Crippen LogP contribution is -2.30. The summed E-state index contributed by atoms with van der Waals surface area (Å²) in [6.07, 6.45) is 4.55. The summed E-state index contributed by atoms with van der Waals surface area (Å²) in [5.74, 6) is 1.55. The van der Waals surface area contributed by atoms with E-state index in [4.69, 9.17) is 5.73 Å². The Balaban J connectivity index is 1.44. The number of hydrogen-bond donors (Lipinski definition) is 1. The number of nitrogens with zero attached hydrogens (tertiary/aromatic N) is 2. The Kier molecular flexibility index (Phi) is 3.53. The maximum Gasteiger partial charge on any atom is 0.107 e. The SMILES string of the molecule is N[C@@H]1CC[C@@H]2CN(Cc3ncc(-c4ccccc4)s3)C[C@H]21. The van der Waals surface area contributed by atoms with E-state index >= 15 is 0 Å². The van der Waals surface area contributed by atoms with Crippen molar-refractivity contribution in [2.75, 3.05) is 13.1 Å². The molecule has 21 heavy (non-hydrogen) atoms. The van der Waals surface area contributed by atoms with Crippen molar-refractivity contribution in [2.24, 2.45) is 17.6 Å². The van der Waals surface area contributed by atoms with E-state index in [1.807, 2.05) is 17.5 Å². The van der Waals surface area contributed by atoms with Crippen LogP contribution in [0.1, 0.15) is 17.8 Å². The van der Waals surface area contributed by atoms with Crippen molar-refractivity contribution in [3.8, 4) is 10.4 Å². The van der Waals surface area contributed by atoms with E-state index < -0.39 is 0 Å². The van der Waals surface area contributed by atoms with Crippen molar-refractivity contribution in [3.63, 3.8) is 0 Å². The molecule has 0 radical (unpaired) electrons. The van der Waals surface area contributed by atoms with Crippen molar-refractivity contribution in [2.45, 2.75) is 25.4 Å². The molecule has 0 spiro atoms. The number of fused-ring (bicyclic) bond motifs is 1. The van der Waals surface area contributed by atoms with Crippen LogP contribution in [0.25, 0.3) is 10.4 Å². The molecule has 110 valence electrons. The lowest BCUT2D eigenvalue weighted by Gasteiger charge is -2.16. The van der Waals surface area contributed by atoms with E-state index in [0.717, 1.165) is 24.9 Å². The van der Waals surface area contributed by atoms with Crippen LogP contribution in [0.5, 0.6) is 0 Å². The minimum atomic E-state index is 0.427. The third-order valence-corrected chi connectivity index (χ3v) is 5.99. The fourth-order valence-electron chi connectivity index (χ4n) is 3.84. The van der Waals surface area contributed by atoms with Gasteiger partial charge in [0.2, 0.25) is 0 Å². The molecule has 1 aliphatic heterocycles. The van der Waals surface area contributed by atoms with E-state index in [-0.39, 0.29) is 0 Å². The number of aromatic nitrogens is 1. The zero-order valence-corrected chi connectivity index (χ0v) is 12.9. The predicted octanol–water partition coefficient (Wildman–Crippen LogP) is 2.98. The van der Waals surface area contributed by atoms with Gasteiger partial charge in [-0.05, 0) is 30.2 Å². The van der Waals surface area contributed by atoms with E-state index in [0.29, 0.717) is 6.04 Å². The normalized spacial score (nSPS) is 28.9. The fourth-order valence-corrected chi connectivity index (χ4v) is 4.81. The van der Waals surface area contributed by atoms with Crippen LogP contribution in [-0.2, 0) is 6.54 Å². The minimum absolute atomic E-state index is 0.427. The molecule has 3 nitrogen and oxygen atoms in total. The Bertz CT molecular complexity index is 610. The molecule has 2 N–H and O–H groups in total. The highest BCUT2D eigenvalue weighted by molar-refractivity contribution is 7.15. The zero-order chi connectivity index (χ0) is 14.2. The van der Waals surface area contributed by atoms with Crippen molar-refractivity contribution < 1.29 is 0 Å². The van der Waals surface area contributed by atoms with Gasteiger partial charge in [0.1, 0.15) is 5.01 Å². The maximum absolute atomic E-state index is 6.22. The van der Waals surface area contributed by atoms with Gasteiger partial charge in [-0.25, -0.2) is 4.98 Å². The highest BCUT2D eigenvalue weighted by atomic mass is 32.1. The van der Waals surface area contributed by atoms with Gasteiger partial charge in [-0.1, -0.05) is 30.3 Å². The largest absolute Gasteiger partial charge is 0.327 e. The van der Waals surface area contributed by atoms with Crippen LogP contribution in [0.4, 0.5) is 0 Å². The summed E-state index contributed by atoms with van der Waals surface area (Å²) in [4.78, 5) is 8.42. The van der Waals surface area contributed by atoms with Crippen LogP contribution in [-0.4, -0.2) is 29.0 Å². The first-order chi connectivity index (χ1) is 10.3. The van der Waals surface area contributed by atoms with Gasteiger partial charge in [0.15, 0.2) is 0 Å². The van der Waals surface area contributed by atoms with Gasteiger partial charge in [0, 0.05) is 25.3 Å². The molecule has 1 saturated carbocycles. The van der Waals surface area contributed by atoms with Crippen LogP contribution < -0.4 is 5.73 Å². The van der Waals surface area contributed by atoms with Crippen molar-refractivity contribution >= 4 is 11.3 Å². The Hall–Kier alpha value is -1.23. The number of likely N-dealkylation sites (tertiary alicyclic amines) is 1. The van der Waals surface area contributed by atoms with Gasteiger partial charge < -0.3 is 5.73 Å². The van der Waals surface area contributed by atoms with Crippen molar-refractivity contribution in [1.29, 1.82) is 0 Å². The van der Waals surface area contributed by atoms with E-state index in [1.165, 1.54) is 34.8 Å². The summed E-state index contributed by atoms with van der Waals surface area (Å²) in [7, 11) is 0. The second-order valence-electron chi connectivity index (χ2n) is 6.34. The smallest absolute Gasteiger partial charge is 0.107 e. The fraction of sp³-hybridized carbons (Fsp3) is 0.471. The number of benzene rings is 1. The summed E-state index contributed by atoms with van der Waals surface area (Å²) >= 11 is 1.82. The molecule has 0 unspecified atom stereocenters. The minimum Gasteiger partial charge on any atom is -0.327 e. The quantitative estimate of drug-likeness (QED) is 0.947. The molecule has 1 saturated heterocycles. The molecule has 1 aromatic heterocycles. The van der Waals surface area contributed by atoms with Gasteiger partial charge >= 0.3 is 0 Å². The molecule has 1 aliphatic carbocycles. The molecular formula is C17H21N3S. The number of rotatable bonds is 3. The van der Waals surface area contributed by atoms with Gasteiger partial charge in [-0.15, -0.1) is 11.3 Å². The molecule has 1 aromatic carbocycles. The first kappa shape index (κ1) is 13.4. The molecular weight excluding hydrogens is 278 g/mol. The Morgan fingerprint density at radius 3 is 2.86 bits per heavy atom. The Morgan fingerprint density at radius 2 is 2.05 bits per heavy atom. The van der Waals surface area contributed by atoms with Crippen LogP contribution in [0, 0.1) is 11.8 Å². The number of nitrogens with two attached hydrogens (primary N) is 1. The number of thiazole rings is 1. The van der Waals surface area contributed by atoms with E-state index in [2.05, 4.69) is 40.2 Å². The molecule has 2 fully saturated rings. The second kappa shape index (κ2) is 5.52. The lowest BCUT2D eigenvalue weighted by atomic mass is 9.98. The summed E-state index contributed by atoms with van der Waals surface area (Å²) in [5.41, 5.74) is 7.48. The molecule has 3 atom stereocenters. The summed E-state index contributed by atoms with van der Waals surface area (Å²) in [5, 5.41) is 1.22. The first-order valence-electron chi connectivity index (χ1n) is 7.77. The number of hydrogen-bond acceptors (Lipinski definition) is 4. The molecule has 4 rings (SSSR count). The highest BCUT2D eigenvalue weighted by Crippen LogP contribution is 2.38. The Morgan fingerprint density at radius 1 is 1.19 bits per heavy atom. The highest BCUT2D eigenvalue weighted by Gasteiger charge is 2.40. The van der Waals surface area contributed by atoms with Crippen molar-refractivity contribution in [1.82, 2.24) is 9.88 Å². The van der Waals surface area contributed by atoms with Crippen LogP contribution >= 0.6 is 11.3 Å². The average Bonchev–Trinajstić information content (AvgIpc) is 3.19. The summed E-state index contributed by atoms with van der Waals surface area (Å²) < 4.78 is 0. The van der Waals surface area contributed by atoms with Gasteiger partial charge in [-0.3, -0.25) is 4.90 Å². The van der Waals surface area contributed by atoms with Gasteiger partial charge in [0.25, 0.3) is 0 Å². The molecule has 2 heterocycles. The third-order valence-electron chi connectivity index (χ3n) is 4.96. The molecule has 0 bridgehead atoms. The topological polar surface area (TPSA) is 42.1 Å². The monoisotopic (exact) mass is 299 g/mol. The first-order valence-corrected chi connectivity index (χ1v) is 8.59. The molecule has 0 amide bonds. The van der Waals surface area contributed by atoms with Gasteiger partial charge in [-0.2, -0.15) is 0 Å². The standard InChI is InChI=1S/C17H21N3S/c18-15-7-6-13-9-20(10-14(13)15)11-17-19-8-16(21-17)12-4-2-1-3-5-12/h1-5,8,13-15H,6-7,9-11,18H2/t13-,14-,15-/m1/s1. The summed E-state index contributed by atoms with van der Waals surface area (Å²) in [6.45, 7) is 3.35. The predicted molar refractivity (Wildman–Crippen MR) is 87.0 cm³/mol. The average molecular weight is 299 g/mol. The Labute approximate surface area is 129 Å².